The Balaban J connectivity index is 1.77. The number of aromatic amines is 1. The summed E-state index contributed by atoms with van der Waals surface area (Å²) >= 11 is 6.28. The molecule has 2 aliphatic rings. The van der Waals surface area contributed by atoms with Crippen molar-refractivity contribution in [2.75, 3.05) is 5.73 Å². The molecule has 1 aromatic carbocycles. The van der Waals surface area contributed by atoms with Crippen LogP contribution in [0.3, 0.4) is 0 Å². The Morgan fingerprint density at radius 3 is 2.53 bits per heavy atom. The summed E-state index contributed by atoms with van der Waals surface area (Å²) in [4.78, 5) is 0. The zero-order valence-electron chi connectivity index (χ0n) is 10.1. The van der Waals surface area contributed by atoms with Gasteiger partial charge in [0.25, 0.3) is 5.79 Å². The zero-order chi connectivity index (χ0) is 13.0. The van der Waals surface area contributed by atoms with Crippen LogP contribution in [-0.4, -0.2) is 16.0 Å². The summed E-state index contributed by atoms with van der Waals surface area (Å²) in [5.41, 5.74) is 7.19. The first-order valence-corrected chi connectivity index (χ1v) is 6.56. The fourth-order valence-electron chi connectivity index (χ4n) is 2.47. The van der Waals surface area contributed by atoms with E-state index in [-0.39, 0.29) is 0 Å². The second kappa shape index (κ2) is 3.57. The molecule has 0 bridgehead atoms. The van der Waals surface area contributed by atoms with Crippen LogP contribution in [-0.2, 0) is 0 Å². The van der Waals surface area contributed by atoms with E-state index < -0.39 is 5.79 Å². The van der Waals surface area contributed by atoms with Crippen LogP contribution in [0.5, 0.6) is 11.5 Å². The lowest BCUT2D eigenvalue weighted by atomic mass is 9.91. The van der Waals surface area contributed by atoms with Crippen LogP contribution in [0.15, 0.2) is 18.2 Å². The van der Waals surface area contributed by atoms with Gasteiger partial charge < -0.3 is 15.2 Å². The van der Waals surface area contributed by atoms with Gasteiger partial charge in [-0.2, -0.15) is 5.10 Å². The number of nitrogens with one attached hydrogen (secondary N) is 1. The fraction of sp³-hybridized carbons (Fsp3) is 0.308. The number of ether oxygens (including phenoxy) is 2. The Morgan fingerprint density at radius 2 is 1.95 bits per heavy atom. The molecule has 3 N–H and O–H groups in total. The number of H-pyrrole nitrogens is 1. The van der Waals surface area contributed by atoms with Crippen LogP contribution >= 0.6 is 11.6 Å². The molecule has 1 saturated carbocycles. The van der Waals surface area contributed by atoms with E-state index >= 15 is 0 Å². The van der Waals surface area contributed by atoms with Crippen molar-refractivity contribution in [1.29, 1.82) is 0 Å². The van der Waals surface area contributed by atoms with E-state index in [9.17, 15) is 0 Å². The normalized spacial score (nSPS) is 18.6. The highest BCUT2D eigenvalue weighted by Crippen LogP contribution is 2.50. The number of anilines is 1. The minimum atomic E-state index is -0.447. The highest BCUT2D eigenvalue weighted by molar-refractivity contribution is 6.33. The van der Waals surface area contributed by atoms with E-state index in [1.165, 1.54) is 0 Å². The van der Waals surface area contributed by atoms with Gasteiger partial charge in [0.15, 0.2) is 11.5 Å². The number of benzene rings is 1. The highest BCUT2D eigenvalue weighted by atomic mass is 35.5. The Labute approximate surface area is 114 Å². The molecule has 19 heavy (non-hydrogen) atoms. The van der Waals surface area contributed by atoms with Gasteiger partial charge in [-0.15, -0.1) is 0 Å². The minimum absolute atomic E-state index is 0.430. The summed E-state index contributed by atoms with van der Waals surface area (Å²) in [5, 5.41) is 7.34. The quantitative estimate of drug-likeness (QED) is 0.840. The molecule has 1 aromatic heterocycles. The van der Waals surface area contributed by atoms with Crippen LogP contribution in [0.4, 0.5) is 5.82 Å². The maximum Gasteiger partial charge on any atom is 0.251 e. The van der Waals surface area contributed by atoms with Crippen molar-refractivity contribution in [3.63, 3.8) is 0 Å². The summed E-state index contributed by atoms with van der Waals surface area (Å²) in [6.07, 6.45) is 2.98. The van der Waals surface area contributed by atoms with Gasteiger partial charge in [0.2, 0.25) is 0 Å². The smallest absolute Gasteiger partial charge is 0.251 e. The van der Waals surface area contributed by atoms with Crippen molar-refractivity contribution in [2.45, 2.75) is 25.0 Å². The first-order chi connectivity index (χ1) is 9.15. The monoisotopic (exact) mass is 277 g/mol. The number of hydrogen-bond donors (Lipinski definition) is 2. The molecule has 5 nitrogen and oxygen atoms in total. The van der Waals surface area contributed by atoms with Crippen LogP contribution < -0.4 is 15.2 Å². The van der Waals surface area contributed by atoms with E-state index in [4.69, 9.17) is 26.8 Å². The molecule has 0 saturated heterocycles. The lowest BCUT2D eigenvalue weighted by Gasteiger charge is -2.35. The first-order valence-electron chi connectivity index (χ1n) is 6.18. The van der Waals surface area contributed by atoms with Gasteiger partial charge in [-0.3, -0.25) is 5.10 Å². The minimum Gasteiger partial charge on any atom is -0.448 e. The van der Waals surface area contributed by atoms with Crippen molar-refractivity contribution >= 4 is 17.4 Å². The van der Waals surface area contributed by atoms with Crippen LogP contribution in [0.25, 0.3) is 11.3 Å². The predicted molar refractivity (Wildman–Crippen MR) is 71.3 cm³/mol. The van der Waals surface area contributed by atoms with Gasteiger partial charge in [0.1, 0.15) is 5.82 Å². The Bertz CT molecular complexity index is 664. The van der Waals surface area contributed by atoms with Gasteiger partial charge in [-0.05, 0) is 12.5 Å². The second-order valence-corrected chi connectivity index (χ2v) is 5.36. The van der Waals surface area contributed by atoms with Crippen molar-refractivity contribution < 1.29 is 9.47 Å². The number of nitrogens with two attached hydrogens (primary N) is 1. The van der Waals surface area contributed by atoms with Crippen molar-refractivity contribution in [2.24, 2.45) is 0 Å². The molecule has 4 rings (SSSR count). The van der Waals surface area contributed by atoms with Crippen LogP contribution in [0.1, 0.15) is 19.3 Å². The summed E-state index contributed by atoms with van der Waals surface area (Å²) < 4.78 is 11.8. The third kappa shape index (κ3) is 1.58. The third-order valence-electron chi connectivity index (χ3n) is 3.63. The van der Waals surface area contributed by atoms with Gasteiger partial charge in [-0.1, -0.05) is 11.6 Å². The van der Waals surface area contributed by atoms with Crippen molar-refractivity contribution in [3.8, 4) is 22.8 Å². The topological polar surface area (TPSA) is 73.2 Å². The average Bonchev–Trinajstić information content (AvgIpc) is 2.90. The summed E-state index contributed by atoms with van der Waals surface area (Å²) in [6, 6.07) is 5.40. The predicted octanol–water partition coefficient (Wildman–Crippen LogP) is 2.96. The van der Waals surface area contributed by atoms with E-state index in [2.05, 4.69) is 10.2 Å². The Kier molecular flexibility index (Phi) is 2.07. The number of rotatable bonds is 1. The SMILES string of the molecule is Nc1cc(-c2cc3c(cc2Cl)OC2(CCC2)O3)[nH]n1. The average molecular weight is 278 g/mol. The molecule has 0 atom stereocenters. The van der Waals surface area contributed by atoms with Gasteiger partial charge in [0, 0.05) is 30.5 Å². The molecule has 0 unspecified atom stereocenters. The third-order valence-corrected chi connectivity index (χ3v) is 3.94. The fourth-order valence-corrected chi connectivity index (χ4v) is 2.72. The number of nitrogens with zero attached hydrogens (tertiary/aromatic N) is 1. The van der Waals surface area contributed by atoms with Crippen molar-refractivity contribution in [3.05, 3.63) is 23.2 Å². The van der Waals surface area contributed by atoms with Crippen LogP contribution in [0, 0.1) is 0 Å². The second-order valence-electron chi connectivity index (χ2n) is 4.95. The maximum absolute atomic E-state index is 6.28. The molecule has 1 aliphatic carbocycles. The molecule has 1 fully saturated rings. The number of fused-ring (bicyclic) bond motifs is 1. The molecule has 6 heteroatoms. The largest absolute Gasteiger partial charge is 0.448 e. The van der Waals surface area contributed by atoms with Gasteiger partial charge >= 0.3 is 0 Å². The molecular formula is C13H12ClN3O2. The van der Waals surface area contributed by atoms with E-state index in [0.717, 1.165) is 36.3 Å². The summed E-state index contributed by atoms with van der Waals surface area (Å²) in [5.74, 6) is 1.42. The maximum atomic E-state index is 6.28. The number of aromatic nitrogens is 2. The molecule has 0 radical (unpaired) electrons. The summed E-state index contributed by atoms with van der Waals surface area (Å²) in [6.45, 7) is 0. The van der Waals surface area contributed by atoms with Crippen molar-refractivity contribution in [1.82, 2.24) is 10.2 Å². The molecule has 2 aromatic rings. The lowest BCUT2D eigenvalue weighted by molar-refractivity contribution is -0.138. The highest BCUT2D eigenvalue weighted by Gasteiger charge is 2.47. The van der Waals surface area contributed by atoms with E-state index in [0.29, 0.717) is 16.6 Å². The number of nitrogen functional groups attached to an aromatic ring is 1. The van der Waals surface area contributed by atoms with E-state index in [1.807, 2.05) is 6.07 Å². The number of hydrogen-bond acceptors (Lipinski definition) is 4. The molecule has 98 valence electrons. The zero-order valence-corrected chi connectivity index (χ0v) is 10.8. The molecule has 2 heterocycles. The Hall–Kier alpha value is -1.88. The molecular weight excluding hydrogens is 266 g/mol. The first kappa shape index (κ1) is 11.0. The lowest BCUT2D eigenvalue weighted by Crippen LogP contribution is -2.45. The van der Waals surface area contributed by atoms with E-state index in [1.54, 1.807) is 12.1 Å². The van der Waals surface area contributed by atoms with Gasteiger partial charge in [0.05, 0.1) is 10.7 Å². The standard InChI is InChI=1S/C13H12ClN3O2/c14-8-5-11-10(18-13(19-11)2-1-3-13)4-7(8)9-6-12(15)17-16-9/h4-6H,1-3H2,(H3,15,16,17). The molecule has 1 aliphatic heterocycles. The molecule has 0 amide bonds. The summed E-state index contributed by atoms with van der Waals surface area (Å²) in [7, 11) is 0. The molecule has 1 spiro atoms. The Morgan fingerprint density at radius 1 is 1.21 bits per heavy atom. The van der Waals surface area contributed by atoms with Crippen LogP contribution in [0.2, 0.25) is 5.02 Å². The number of halogens is 1. The van der Waals surface area contributed by atoms with Gasteiger partial charge in [-0.25, -0.2) is 0 Å².